The summed E-state index contributed by atoms with van der Waals surface area (Å²) in [7, 11) is 0. The van der Waals surface area contributed by atoms with Gasteiger partial charge in [0.05, 0.1) is 11.9 Å². The van der Waals surface area contributed by atoms with E-state index in [-0.39, 0.29) is 13.0 Å². The Bertz CT molecular complexity index is 698. The molecule has 0 radical (unpaired) electrons. The van der Waals surface area contributed by atoms with Crippen LogP contribution < -0.4 is 10.6 Å². The van der Waals surface area contributed by atoms with E-state index in [1.807, 2.05) is 26.2 Å². The molecule has 4 nitrogen and oxygen atoms in total. The summed E-state index contributed by atoms with van der Waals surface area (Å²) < 4.78 is 5.51. The maximum absolute atomic E-state index is 5.51. The van der Waals surface area contributed by atoms with E-state index in [4.69, 9.17) is 4.52 Å². The first kappa shape index (κ1) is 17.4. The smallest absolute Gasteiger partial charge is 0.176 e. The van der Waals surface area contributed by atoms with E-state index in [2.05, 4.69) is 62.5 Å². The lowest BCUT2D eigenvalue weighted by Crippen LogP contribution is -2.43. The van der Waals surface area contributed by atoms with Gasteiger partial charge in [-0.2, -0.15) is 0 Å². The Balaban J connectivity index is 0.000000925. The number of hydrogen-bond donors (Lipinski definition) is 2. The molecule has 23 heavy (non-hydrogen) atoms. The van der Waals surface area contributed by atoms with Crippen molar-refractivity contribution in [1.82, 2.24) is 15.8 Å². The minimum absolute atomic E-state index is 0. The van der Waals surface area contributed by atoms with E-state index in [1.54, 1.807) is 0 Å². The second-order valence-corrected chi connectivity index (χ2v) is 7.09. The van der Waals surface area contributed by atoms with Crippen molar-refractivity contribution >= 4 is 16.7 Å². The molecule has 0 bridgehead atoms. The SMILES string of the molecule is CC.CC(C)c1ccc(C2=CNC(C(C)(C)C)N2)c2oncc12.[HH]. The first-order valence-electron chi connectivity index (χ1n) is 8.48. The summed E-state index contributed by atoms with van der Waals surface area (Å²) >= 11 is 0. The molecule has 1 aromatic carbocycles. The Hall–Kier alpha value is -1.97. The van der Waals surface area contributed by atoms with Gasteiger partial charge in [-0.05, 0) is 17.5 Å². The zero-order valence-corrected chi connectivity index (χ0v) is 15.3. The van der Waals surface area contributed by atoms with Crippen molar-refractivity contribution in [2.24, 2.45) is 5.41 Å². The third-order valence-corrected chi connectivity index (χ3v) is 4.03. The Morgan fingerprint density at radius 1 is 1.22 bits per heavy atom. The van der Waals surface area contributed by atoms with Crippen molar-refractivity contribution < 1.29 is 5.95 Å². The predicted octanol–water partition coefficient (Wildman–Crippen LogP) is 5.09. The molecule has 2 aromatic rings. The van der Waals surface area contributed by atoms with Crippen LogP contribution in [0.5, 0.6) is 0 Å². The molecule has 0 spiro atoms. The molecule has 1 aliphatic rings. The van der Waals surface area contributed by atoms with E-state index >= 15 is 0 Å². The summed E-state index contributed by atoms with van der Waals surface area (Å²) in [4.78, 5) is 0. The van der Waals surface area contributed by atoms with Crippen molar-refractivity contribution in [3.8, 4) is 0 Å². The normalized spacial score (nSPS) is 17.4. The van der Waals surface area contributed by atoms with Gasteiger partial charge in [0.15, 0.2) is 5.58 Å². The summed E-state index contributed by atoms with van der Waals surface area (Å²) in [5, 5.41) is 12.0. The molecule has 4 heteroatoms. The van der Waals surface area contributed by atoms with E-state index in [1.165, 1.54) is 5.56 Å². The van der Waals surface area contributed by atoms with Crippen molar-refractivity contribution in [3.63, 3.8) is 0 Å². The number of nitrogens with one attached hydrogen (secondary N) is 2. The van der Waals surface area contributed by atoms with Gasteiger partial charge in [-0.15, -0.1) is 0 Å². The summed E-state index contributed by atoms with van der Waals surface area (Å²) in [6.07, 6.45) is 4.07. The molecule has 3 rings (SSSR count). The van der Waals surface area contributed by atoms with Gasteiger partial charge in [0.2, 0.25) is 0 Å². The van der Waals surface area contributed by atoms with Crippen molar-refractivity contribution in [3.05, 3.63) is 35.7 Å². The number of aromatic nitrogens is 1. The van der Waals surface area contributed by atoms with Gasteiger partial charge in [-0.25, -0.2) is 0 Å². The van der Waals surface area contributed by atoms with Crippen LogP contribution in [0.15, 0.2) is 29.1 Å². The molecule has 2 N–H and O–H groups in total. The molecular weight excluding hydrogens is 286 g/mol. The van der Waals surface area contributed by atoms with Crippen LogP contribution >= 0.6 is 0 Å². The molecule has 1 unspecified atom stereocenters. The molecule has 1 aromatic heterocycles. The lowest BCUT2D eigenvalue weighted by molar-refractivity contribution is 0.280. The van der Waals surface area contributed by atoms with Crippen LogP contribution in [0.4, 0.5) is 0 Å². The van der Waals surface area contributed by atoms with Crippen molar-refractivity contribution in [1.29, 1.82) is 0 Å². The zero-order chi connectivity index (χ0) is 17.2. The summed E-state index contributed by atoms with van der Waals surface area (Å²) in [6, 6.07) is 4.29. The van der Waals surface area contributed by atoms with E-state index in [0.29, 0.717) is 5.92 Å². The van der Waals surface area contributed by atoms with Crippen LogP contribution in [0.25, 0.3) is 16.7 Å². The Morgan fingerprint density at radius 2 is 1.91 bits per heavy atom. The molecule has 0 fully saturated rings. The maximum atomic E-state index is 5.51. The highest BCUT2D eigenvalue weighted by Crippen LogP contribution is 2.32. The number of rotatable bonds is 2. The van der Waals surface area contributed by atoms with Gasteiger partial charge in [-0.1, -0.05) is 59.7 Å². The number of hydrogen-bond acceptors (Lipinski definition) is 4. The molecule has 0 amide bonds. The first-order chi connectivity index (χ1) is 10.9. The van der Waals surface area contributed by atoms with Gasteiger partial charge in [-0.3, -0.25) is 0 Å². The van der Waals surface area contributed by atoms with Crippen LogP contribution in [-0.2, 0) is 0 Å². The number of fused-ring (bicyclic) bond motifs is 1. The second-order valence-electron chi connectivity index (χ2n) is 7.09. The fraction of sp³-hybridized carbons (Fsp3) is 0.526. The van der Waals surface area contributed by atoms with Crippen LogP contribution in [0.2, 0.25) is 0 Å². The van der Waals surface area contributed by atoms with Crippen LogP contribution in [0.1, 0.15) is 66.9 Å². The molecule has 2 heterocycles. The Kier molecular flexibility index (Phi) is 5.03. The van der Waals surface area contributed by atoms with Crippen molar-refractivity contribution in [2.75, 3.05) is 0 Å². The fourth-order valence-corrected chi connectivity index (χ4v) is 2.72. The highest BCUT2D eigenvalue weighted by molar-refractivity contribution is 5.91. The molecule has 128 valence electrons. The molecule has 0 aliphatic carbocycles. The Morgan fingerprint density at radius 3 is 2.48 bits per heavy atom. The summed E-state index contributed by atoms with van der Waals surface area (Å²) in [6.45, 7) is 15.0. The average molecular weight is 317 g/mol. The lowest BCUT2D eigenvalue weighted by atomic mass is 9.92. The molecule has 1 atom stereocenters. The second kappa shape index (κ2) is 6.65. The van der Waals surface area contributed by atoms with E-state index < -0.39 is 0 Å². The largest absolute Gasteiger partial charge is 0.369 e. The third-order valence-electron chi connectivity index (χ3n) is 4.03. The minimum atomic E-state index is 0. The topological polar surface area (TPSA) is 50.1 Å². The maximum Gasteiger partial charge on any atom is 0.176 e. The number of benzene rings is 1. The summed E-state index contributed by atoms with van der Waals surface area (Å²) in [5.74, 6) is 0.451. The van der Waals surface area contributed by atoms with Gasteiger partial charge in [0.25, 0.3) is 0 Å². The predicted molar refractivity (Wildman–Crippen MR) is 99.1 cm³/mol. The molecule has 1 aliphatic heterocycles. The standard InChI is InChI=1S/C17H23N3O.C2H6.H2/c1-10(2)11-6-7-12(15-13(11)8-19-21-15)14-9-18-16(20-14)17(3,4)5;1-2;/h6-10,16,18,20H,1-5H3;1-2H3;1H. The van der Waals surface area contributed by atoms with Crippen LogP contribution in [0.3, 0.4) is 0 Å². The molecule has 0 saturated heterocycles. The highest BCUT2D eigenvalue weighted by atomic mass is 16.5. The van der Waals surface area contributed by atoms with E-state index in [0.717, 1.165) is 22.2 Å². The van der Waals surface area contributed by atoms with Gasteiger partial charge >= 0.3 is 0 Å². The van der Waals surface area contributed by atoms with Gasteiger partial charge < -0.3 is 15.2 Å². The highest BCUT2D eigenvalue weighted by Gasteiger charge is 2.29. The quantitative estimate of drug-likeness (QED) is 0.810. The van der Waals surface area contributed by atoms with Crippen molar-refractivity contribution in [2.45, 2.75) is 60.5 Å². The minimum Gasteiger partial charge on any atom is -0.369 e. The first-order valence-corrected chi connectivity index (χ1v) is 8.48. The van der Waals surface area contributed by atoms with E-state index in [9.17, 15) is 0 Å². The Labute approximate surface area is 140 Å². The zero-order valence-electron chi connectivity index (χ0n) is 15.3. The summed E-state index contributed by atoms with van der Waals surface area (Å²) in [5.41, 5.74) is 4.39. The molecule has 0 saturated carbocycles. The fourth-order valence-electron chi connectivity index (χ4n) is 2.72. The van der Waals surface area contributed by atoms with Gasteiger partial charge in [0.1, 0.15) is 6.17 Å². The monoisotopic (exact) mass is 317 g/mol. The van der Waals surface area contributed by atoms with Crippen LogP contribution in [0, 0.1) is 5.41 Å². The van der Waals surface area contributed by atoms with Gasteiger partial charge in [0, 0.05) is 24.0 Å². The van der Waals surface area contributed by atoms with Crippen LogP contribution in [-0.4, -0.2) is 11.3 Å². The third kappa shape index (κ3) is 3.36. The lowest BCUT2D eigenvalue weighted by Gasteiger charge is -2.28. The molecular formula is C19H31N3O. The average Bonchev–Trinajstić information content (AvgIpc) is 3.17. The number of nitrogens with zero attached hydrogens (tertiary/aromatic N) is 1.